The average Bonchev–Trinajstić information content (AvgIpc) is 3.04. The maximum atomic E-state index is 12.3. The lowest BCUT2D eigenvalue weighted by Gasteiger charge is -2.18. The molecule has 0 radical (unpaired) electrons. The predicted molar refractivity (Wildman–Crippen MR) is 79.0 cm³/mol. The minimum absolute atomic E-state index is 0.105. The van der Waals surface area contributed by atoms with E-state index in [1.165, 1.54) is 0 Å². The number of carbonyl (C=O) groups excluding carboxylic acids is 1. The fourth-order valence-corrected chi connectivity index (χ4v) is 3.21. The smallest absolute Gasteiger partial charge is 0.289 e. The molecule has 0 aliphatic heterocycles. The van der Waals surface area contributed by atoms with Gasteiger partial charge in [-0.05, 0) is 47.1 Å². The molecule has 0 atom stereocenters. The maximum Gasteiger partial charge on any atom is 0.289 e. The summed E-state index contributed by atoms with van der Waals surface area (Å²) in [6.07, 6.45) is 0. The molecule has 2 heterocycles. The first-order valence-corrected chi connectivity index (χ1v) is 7.57. The van der Waals surface area contributed by atoms with Crippen LogP contribution in [0.25, 0.3) is 0 Å². The molecule has 0 saturated heterocycles. The molecule has 0 bridgehead atoms. The third kappa shape index (κ3) is 3.46. The van der Waals surface area contributed by atoms with Gasteiger partial charge in [-0.15, -0.1) is 11.3 Å². The predicted octanol–water partition coefficient (Wildman–Crippen LogP) is 3.22. The monoisotopic (exact) mass is 342 g/mol. The van der Waals surface area contributed by atoms with E-state index in [4.69, 9.17) is 10.2 Å². The molecule has 2 N–H and O–H groups in total. The van der Waals surface area contributed by atoms with Crippen molar-refractivity contribution in [3.63, 3.8) is 0 Å². The van der Waals surface area contributed by atoms with Crippen molar-refractivity contribution in [1.82, 2.24) is 4.90 Å². The topological polar surface area (TPSA) is 59.5 Å². The molecule has 0 aliphatic carbocycles. The number of carbonyl (C=O) groups is 1. The fraction of sp³-hybridized carbons (Fsp3) is 0.308. The molecule has 1 amide bonds. The highest BCUT2D eigenvalue weighted by molar-refractivity contribution is 9.11. The Balaban J connectivity index is 2.10. The quantitative estimate of drug-likeness (QED) is 0.907. The SMILES string of the molecule is CCN(Cc1ccc(Br)s1)C(=O)c1ccc(CN)o1. The van der Waals surface area contributed by atoms with Gasteiger partial charge >= 0.3 is 0 Å². The first-order valence-electron chi connectivity index (χ1n) is 5.96. The summed E-state index contributed by atoms with van der Waals surface area (Å²) >= 11 is 5.05. The zero-order valence-electron chi connectivity index (χ0n) is 10.6. The number of hydrogen-bond acceptors (Lipinski definition) is 4. The van der Waals surface area contributed by atoms with Crippen LogP contribution in [0.2, 0.25) is 0 Å². The lowest BCUT2D eigenvalue weighted by atomic mass is 10.3. The summed E-state index contributed by atoms with van der Waals surface area (Å²) in [6.45, 7) is 3.47. The number of furan rings is 1. The number of amides is 1. The van der Waals surface area contributed by atoms with Crippen LogP contribution in [-0.2, 0) is 13.1 Å². The Hall–Kier alpha value is -1.11. The van der Waals surface area contributed by atoms with E-state index >= 15 is 0 Å². The number of nitrogens with two attached hydrogens (primary N) is 1. The van der Waals surface area contributed by atoms with E-state index in [0.717, 1.165) is 8.66 Å². The van der Waals surface area contributed by atoms with E-state index in [0.29, 0.717) is 31.2 Å². The molecule has 6 heteroatoms. The van der Waals surface area contributed by atoms with E-state index < -0.39 is 0 Å². The zero-order valence-corrected chi connectivity index (χ0v) is 13.0. The summed E-state index contributed by atoms with van der Waals surface area (Å²) < 4.78 is 6.46. The van der Waals surface area contributed by atoms with E-state index in [1.54, 1.807) is 28.4 Å². The van der Waals surface area contributed by atoms with Crippen LogP contribution in [-0.4, -0.2) is 17.4 Å². The fourth-order valence-electron chi connectivity index (χ4n) is 1.71. The molecular weight excluding hydrogens is 328 g/mol. The molecule has 0 spiro atoms. The minimum Gasteiger partial charge on any atom is -0.455 e. The summed E-state index contributed by atoms with van der Waals surface area (Å²) in [4.78, 5) is 15.2. The van der Waals surface area contributed by atoms with Gasteiger partial charge in [0.05, 0.1) is 16.9 Å². The third-order valence-corrected chi connectivity index (χ3v) is 4.33. The Labute approximate surface area is 124 Å². The van der Waals surface area contributed by atoms with Crippen molar-refractivity contribution < 1.29 is 9.21 Å². The van der Waals surface area contributed by atoms with E-state index in [1.807, 2.05) is 19.1 Å². The molecule has 2 aromatic rings. The van der Waals surface area contributed by atoms with Gasteiger partial charge in [0, 0.05) is 11.4 Å². The summed E-state index contributed by atoms with van der Waals surface area (Å²) in [7, 11) is 0. The van der Waals surface area contributed by atoms with Crippen molar-refractivity contribution in [3.05, 3.63) is 44.4 Å². The summed E-state index contributed by atoms with van der Waals surface area (Å²) in [5.74, 6) is 0.864. The summed E-state index contributed by atoms with van der Waals surface area (Å²) in [5, 5.41) is 0. The lowest BCUT2D eigenvalue weighted by molar-refractivity contribution is 0.0720. The molecule has 0 saturated carbocycles. The highest BCUT2D eigenvalue weighted by Gasteiger charge is 2.18. The normalized spacial score (nSPS) is 10.7. The number of rotatable bonds is 5. The van der Waals surface area contributed by atoms with Crippen LogP contribution in [0.1, 0.15) is 28.1 Å². The Morgan fingerprint density at radius 3 is 2.74 bits per heavy atom. The molecule has 0 unspecified atom stereocenters. The summed E-state index contributed by atoms with van der Waals surface area (Å²) in [5.41, 5.74) is 5.48. The number of hydrogen-bond donors (Lipinski definition) is 1. The van der Waals surface area contributed by atoms with Gasteiger partial charge in [-0.1, -0.05) is 0 Å². The van der Waals surface area contributed by atoms with Crippen molar-refractivity contribution in [2.24, 2.45) is 5.73 Å². The van der Waals surface area contributed by atoms with Gasteiger partial charge in [0.25, 0.3) is 5.91 Å². The zero-order chi connectivity index (χ0) is 13.8. The van der Waals surface area contributed by atoms with Crippen LogP contribution >= 0.6 is 27.3 Å². The van der Waals surface area contributed by atoms with Gasteiger partial charge in [-0.25, -0.2) is 0 Å². The van der Waals surface area contributed by atoms with E-state index in [2.05, 4.69) is 15.9 Å². The second-order valence-electron chi connectivity index (χ2n) is 4.00. The second-order valence-corrected chi connectivity index (χ2v) is 6.54. The van der Waals surface area contributed by atoms with Crippen LogP contribution < -0.4 is 5.73 Å². The second kappa shape index (κ2) is 6.36. The molecule has 0 fully saturated rings. The number of nitrogens with zero attached hydrogens (tertiary/aromatic N) is 1. The van der Waals surface area contributed by atoms with Crippen LogP contribution in [0.3, 0.4) is 0 Å². The largest absolute Gasteiger partial charge is 0.455 e. The van der Waals surface area contributed by atoms with Crippen molar-refractivity contribution in [1.29, 1.82) is 0 Å². The average molecular weight is 343 g/mol. The van der Waals surface area contributed by atoms with Crippen molar-refractivity contribution in [2.75, 3.05) is 6.54 Å². The third-order valence-electron chi connectivity index (χ3n) is 2.72. The first-order chi connectivity index (χ1) is 9.13. The van der Waals surface area contributed by atoms with Gasteiger partial charge < -0.3 is 15.1 Å². The first kappa shape index (κ1) is 14.3. The highest BCUT2D eigenvalue weighted by Crippen LogP contribution is 2.24. The Kier molecular flexibility index (Phi) is 4.79. The van der Waals surface area contributed by atoms with Crippen LogP contribution in [0.15, 0.2) is 32.5 Å². The molecule has 0 aliphatic rings. The van der Waals surface area contributed by atoms with E-state index in [9.17, 15) is 4.79 Å². The van der Waals surface area contributed by atoms with Crippen molar-refractivity contribution in [3.8, 4) is 0 Å². The van der Waals surface area contributed by atoms with Gasteiger partial charge in [-0.3, -0.25) is 4.79 Å². The lowest BCUT2D eigenvalue weighted by Crippen LogP contribution is -2.29. The van der Waals surface area contributed by atoms with Gasteiger partial charge in [0.1, 0.15) is 5.76 Å². The van der Waals surface area contributed by atoms with Gasteiger partial charge in [-0.2, -0.15) is 0 Å². The summed E-state index contributed by atoms with van der Waals surface area (Å²) in [6, 6.07) is 7.41. The van der Waals surface area contributed by atoms with Crippen LogP contribution in [0.4, 0.5) is 0 Å². The van der Waals surface area contributed by atoms with E-state index in [-0.39, 0.29) is 5.91 Å². The van der Waals surface area contributed by atoms with Gasteiger partial charge in [0.2, 0.25) is 0 Å². The molecule has 102 valence electrons. The molecule has 0 aromatic carbocycles. The highest BCUT2D eigenvalue weighted by atomic mass is 79.9. The molecule has 4 nitrogen and oxygen atoms in total. The number of halogens is 1. The molecule has 2 aromatic heterocycles. The molecule has 19 heavy (non-hydrogen) atoms. The van der Waals surface area contributed by atoms with Crippen molar-refractivity contribution >= 4 is 33.2 Å². The minimum atomic E-state index is -0.105. The Morgan fingerprint density at radius 1 is 1.42 bits per heavy atom. The molecule has 2 rings (SSSR count). The van der Waals surface area contributed by atoms with Crippen LogP contribution in [0, 0.1) is 0 Å². The number of thiophene rings is 1. The Bertz CT molecular complexity index is 564. The van der Waals surface area contributed by atoms with Crippen molar-refractivity contribution in [2.45, 2.75) is 20.0 Å². The standard InChI is InChI=1S/C13H15BrN2O2S/c1-2-16(8-10-4-6-12(14)19-10)13(17)11-5-3-9(7-15)18-11/h3-6H,2,7-8,15H2,1H3. The van der Waals surface area contributed by atoms with Gasteiger partial charge in [0.15, 0.2) is 5.76 Å². The maximum absolute atomic E-state index is 12.3. The Morgan fingerprint density at radius 2 is 2.21 bits per heavy atom. The van der Waals surface area contributed by atoms with Crippen LogP contribution in [0.5, 0.6) is 0 Å². The molecular formula is C13H15BrN2O2S.